The van der Waals surface area contributed by atoms with Crippen LogP contribution in [0.25, 0.3) is 0 Å². The third-order valence-corrected chi connectivity index (χ3v) is 2.20. The van der Waals surface area contributed by atoms with Crippen LogP contribution in [0.15, 0.2) is 0 Å². The van der Waals surface area contributed by atoms with E-state index in [2.05, 4.69) is 0 Å². The second-order valence-electron chi connectivity index (χ2n) is 3.18. The average molecular weight is 201 g/mol. The molecule has 1 saturated heterocycles. The first kappa shape index (κ1) is 13.4. The summed E-state index contributed by atoms with van der Waals surface area (Å²) in [6, 6.07) is 0. The zero-order valence-electron chi connectivity index (χ0n) is 9.71. The Morgan fingerprint density at radius 1 is 1.36 bits per heavy atom. The molecule has 0 unspecified atom stereocenters. The highest BCUT2D eigenvalue weighted by molar-refractivity contribution is 5.76. The lowest BCUT2D eigenvalue weighted by atomic mass is 10.1. The number of likely N-dealkylation sites (tertiary alicyclic amines) is 1. The highest BCUT2D eigenvalue weighted by atomic mass is 16.5. The summed E-state index contributed by atoms with van der Waals surface area (Å²) in [6.07, 6.45) is 3.94. The quantitative estimate of drug-likeness (QED) is 0.652. The lowest BCUT2D eigenvalue weighted by molar-refractivity contribution is -0.133. The molecular weight excluding hydrogens is 178 g/mol. The number of ether oxygens (including phenoxy) is 1. The Kier molecular flexibility index (Phi) is 8.64. The van der Waals surface area contributed by atoms with E-state index in [4.69, 9.17) is 4.74 Å². The van der Waals surface area contributed by atoms with Crippen molar-refractivity contribution in [2.24, 2.45) is 0 Å². The fourth-order valence-corrected chi connectivity index (χ4v) is 1.50. The van der Waals surface area contributed by atoms with E-state index >= 15 is 0 Å². The molecule has 1 aliphatic heterocycles. The number of methoxy groups -OCH3 is 1. The summed E-state index contributed by atoms with van der Waals surface area (Å²) in [5.74, 6) is 0.317. The summed E-state index contributed by atoms with van der Waals surface area (Å²) in [5, 5.41) is 0. The van der Waals surface area contributed by atoms with Gasteiger partial charge in [0.05, 0.1) is 0 Å². The Labute approximate surface area is 87.4 Å². The fraction of sp³-hybridized carbons (Fsp3) is 0.909. The van der Waals surface area contributed by atoms with E-state index in [1.165, 1.54) is 6.42 Å². The maximum Gasteiger partial charge on any atom is 0.222 e. The summed E-state index contributed by atoms with van der Waals surface area (Å²) in [6.45, 7) is 6.57. The fourth-order valence-electron chi connectivity index (χ4n) is 1.50. The van der Waals surface area contributed by atoms with Crippen molar-refractivity contribution in [1.29, 1.82) is 0 Å². The molecule has 0 radical (unpaired) electrons. The van der Waals surface area contributed by atoms with Crippen LogP contribution < -0.4 is 0 Å². The number of rotatable bonds is 4. The maximum absolute atomic E-state index is 11.3. The van der Waals surface area contributed by atoms with Crippen LogP contribution in [-0.4, -0.2) is 37.6 Å². The smallest absolute Gasteiger partial charge is 0.222 e. The van der Waals surface area contributed by atoms with Crippen molar-refractivity contribution in [2.45, 2.75) is 39.5 Å². The van der Waals surface area contributed by atoms with Gasteiger partial charge in [0.2, 0.25) is 5.91 Å². The predicted octanol–water partition coefficient (Wildman–Crippen LogP) is 2.06. The van der Waals surface area contributed by atoms with Gasteiger partial charge >= 0.3 is 0 Å². The van der Waals surface area contributed by atoms with Gasteiger partial charge in [-0.15, -0.1) is 0 Å². The van der Waals surface area contributed by atoms with Crippen molar-refractivity contribution in [2.75, 3.05) is 26.8 Å². The van der Waals surface area contributed by atoms with E-state index in [9.17, 15) is 4.79 Å². The zero-order chi connectivity index (χ0) is 10.8. The third-order valence-electron chi connectivity index (χ3n) is 2.20. The van der Waals surface area contributed by atoms with Crippen molar-refractivity contribution in [1.82, 2.24) is 4.90 Å². The molecule has 1 amide bonds. The van der Waals surface area contributed by atoms with Crippen LogP contribution in [0.4, 0.5) is 0 Å². The zero-order valence-corrected chi connectivity index (χ0v) is 9.71. The van der Waals surface area contributed by atoms with Gasteiger partial charge in [0.15, 0.2) is 0 Å². The van der Waals surface area contributed by atoms with E-state index in [0.717, 1.165) is 39.0 Å². The highest BCUT2D eigenvalue weighted by Crippen LogP contribution is 2.10. The number of carbonyl (C=O) groups is 1. The molecular formula is C11H23NO2. The average Bonchev–Trinajstić information content (AvgIpc) is 2.24. The summed E-state index contributed by atoms with van der Waals surface area (Å²) in [5.41, 5.74) is 0. The molecule has 0 aromatic heterocycles. The maximum atomic E-state index is 11.3. The number of piperidine rings is 1. The lowest BCUT2D eigenvalue weighted by Gasteiger charge is -2.26. The molecule has 0 bridgehead atoms. The molecule has 0 spiro atoms. The van der Waals surface area contributed by atoms with Crippen LogP contribution in [-0.2, 0) is 9.53 Å². The molecule has 84 valence electrons. The predicted molar refractivity (Wildman–Crippen MR) is 58.3 cm³/mol. The lowest BCUT2D eigenvalue weighted by Crippen LogP contribution is -2.36. The van der Waals surface area contributed by atoms with E-state index in [-0.39, 0.29) is 0 Å². The number of hydrogen-bond acceptors (Lipinski definition) is 2. The number of carbonyl (C=O) groups excluding carboxylic acids is 1. The van der Waals surface area contributed by atoms with Crippen molar-refractivity contribution < 1.29 is 9.53 Å². The molecule has 0 N–H and O–H groups in total. The van der Waals surface area contributed by atoms with Crippen LogP contribution in [0, 0.1) is 0 Å². The number of amides is 1. The van der Waals surface area contributed by atoms with E-state index in [0.29, 0.717) is 5.91 Å². The second kappa shape index (κ2) is 9.00. The molecule has 1 rings (SSSR count). The minimum absolute atomic E-state index is 0.317. The van der Waals surface area contributed by atoms with Crippen LogP contribution in [0.2, 0.25) is 0 Å². The highest BCUT2D eigenvalue weighted by Gasteiger charge is 2.16. The molecule has 0 atom stereocenters. The van der Waals surface area contributed by atoms with Gasteiger partial charge in [-0.2, -0.15) is 0 Å². The number of hydrogen-bond donors (Lipinski definition) is 0. The first-order chi connectivity index (χ1) is 6.84. The molecule has 1 fully saturated rings. The Morgan fingerprint density at radius 3 is 2.64 bits per heavy atom. The SMILES string of the molecule is CC.COCCCN1CCCCC1=O. The molecule has 14 heavy (non-hydrogen) atoms. The molecule has 1 heterocycles. The summed E-state index contributed by atoms with van der Waals surface area (Å²) in [4.78, 5) is 13.2. The largest absolute Gasteiger partial charge is 0.385 e. The van der Waals surface area contributed by atoms with Gasteiger partial charge in [0, 0.05) is 33.2 Å². The van der Waals surface area contributed by atoms with Crippen molar-refractivity contribution in [3.8, 4) is 0 Å². The van der Waals surface area contributed by atoms with E-state index in [1.54, 1.807) is 7.11 Å². The molecule has 0 aromatic carbocycles. The van der Waals surface area contributed by atoms with Gasteiger partial charge in [-0.1, -0.05) is 13.8 Å². The van der Waals surface area contributed by atoms with Crippen molar-refractivity contribution in [3.05, 3.63) is 0 Å². The Bertz CT molecular complexity index is 148. The van der Waals surface area contributed by atoms with Gasteiger partial charge in [0.1, 0.15) is 0 Å². The van der Waals surface area contributed by atoms with Crippen LogP contribution in [0.3, 0.4) is 0 Å². The standard InChI is InChI=1S/C9H17NO2.C2H6/c1-12-8-4-7-10-6-3-2-5-9(10)11;1-2/h2-8H2,1H3;1-2H3. The summed E-state index contributed by atoms with van der Waals surface area (Å²) >= 11 is 0. The molecule has 0 aromatic rings. The molecule has 0 aliphatic carbocycles. The van der Waals surface area contributed by atoms with Gasteiger partial charge in [-0.05, 0) is 19.3 Å². The Balaban J connectivity index is 0.000000791. The monoisotopic (exact) mass is 201 g/mol. The van der Waals surface area contributed by atoms with Crippen molar-refractivity contribution in [3.63, 3.8) is 0 Å². The topological polar surface area (TPSA) is 29.5 Å². The minimum Gasteiger partial charge on any atom is -0.385 e. The Morgan fingerprint density at radius 2 is 2.07 bits per heavy atom. The van der Waals surface area contributed by atoms with Crippen LogP contribution in [0.5, 0.6) is 0 Å². The van der Waals surface area contributed by atoms with Crippen LogP contribution >= 0.6 is 0 Å². The van der Waals surface area contributed by atoms with Gasteiger partial charge in [-0.25, -0.2) is 0 Å². The Hall–Kier alpha value is -0.570. The molecule has 1 aliphatic rings. The molecule has 3 nitrogen and oxygen atoms in total. The van der Waals surface area contributed by atoms with Crippen molar-refractivity contribution >= 4 is 5.91 Å². The first-order valence-corrected chi connectivity index (χ1v) is 5.61. The van der Waals surface area contributed by atoms with E-state index in [1.807, 2.05) is 18.7 Å². The second-order valence-corrected chi connectivity index (χ2v) is 3.18. The van der Waals surface area contributed by atoms with Gasteiger partial charge in [0.25, 0.3) is 0 Å². The number of nitrogens with zero attached hydrogens (tertiary/aromatic N) is 1. The normalized spacial score (nSPS) is 16.2. The molecule has 3 heteroatoms. The van der Waals surface area contributed by atoms with Gasteiger partial charge in [-0.3, -0.25) is 4.79 Å². The minimum atomic E-state index is 0.317. The summed E-state index contributed by atoms with van der Waals surface area (Å²) < 4.78 is 4.93. The first-order valence-electron chi connectivity index (χ1n) is 5.61. The molecule has 0 saturated carbocycles. The van der Waals surface area contributed by atoms with Crippen LogP contribution in [0.1, 0.15) is 39.5 Å². The summed E-state index contributed by atoms with van der Waals surface area (Å²) in [7, 11) is 1.69. The van der Waals surface area contributed by atoms with E-state index < -0.39 is 0 Å². The van der Waals surface area contributed by atoms with Gasteiger partial charge < -0.3 is 9.64 Å². The third kappa shape index (κ3) is 5.22.